The Hall–Kier alpha value is -0.610. The third kappa shape index (κ3) is 3.59. The molecule has 1 saturated heterocycles. The second-order valence-corrected chi connectivity index (χ2v) is 8.35. The molecule has 0 bridgehead atoms. The van der Waals surface area contributed by atoms with Crippen LogP contribution in [0.1, 0.15) is 53.9 Å². The van der Waals surface area contributed by atoms with Crippen molar-refractivity contribution in [2.45, 2.75) is 59.4 Å². The lowest BCUT2D eigenvalue weighted by molar-refractivity contribution is -0.169. The summed E-state index contributed by atoms with van der Waals surface area (Å²) in [4.78, 5) is 15.3. The van der Waals surface area contributed by atoms with Gasteiger partial charge in [0.1, 0.15) is 5.54 Å². The Morgan fingerprint density at radius 1 is 1.05 bits per heavy atom. The Bertz CT molecular complexity index is 368. The fourth-order valence-electron chi connectivity index (χ4n) is 4.92. The Labute approximate surface area is 129 Å². The standard InChI is InChI=1S/C17H32N2O2/c1-6-21-14(20)17(19-9-7-18-8-10-19)12-15(2,3)11-16(4,5)13-17/h18H,6-13H2,1-5H3. The maximum Gasteiger partial charge on any atom is 0.326 e. The zero-order valence-electron chi connectivity index (χ0n) is 14.4. The molecule has 1 aliphatic heterocycles. The molecule has 1 saturated carbocycles. The van der Waals surface area contributed by atoms with E-state index in [4.69, 9.17) is 4.74 Å². The topological polar surface area (TPSA) is 41.6 Å². The number of nitrogens with one attached hydrogen (secondary N) is 1. The molecule has 0 aromatic rings. The summed E-state index contributed by atoms with van der Waals surface area (Å²) in [6.45, 7) is 15.3. The molecule has 0 amide bonds. The van der Waals surface area contributed by atoms with Gasteiger partial charge in [-0.25, -0.2) is 0 Å². The molecular formula is C17H32N2O2. The highest BCUT2D eigenvalue weighted by atomic mass is 16.5. The number of nitrogens with zero attached hydrogens (tertiary/aromatic N) is 1. The van der Waals surface area contributed by atoms with Gasteiger partial charge in [-0.1, -0.05) is 27.7 Å². The predicted octanol–water partition coefficient (Wildman–Crippen LogP) is 2.43. The first-order valence-corrected chi connectivity index (χ1v) is 8.34. The van der Waals surface area contributed by atoms with Gasteiger partial charge in [-0.2, -0.15) is 0 Å². The average Bonchev–Trinajstić information content (AvgIpc) is 2.36. The second-order valence-electron chi connectivity index (χ2n) is 8.35. The van der Waals surface area contributed by atoms with Crippen molar-refractivity contribution in [1.82, 2.24) is 10.2 Å². The van der Waals surface area contributed by atoms with Crippen LogP contribution in [0.3, 0.4) is 0 Å². The number of carbonyl (C=O) groups is 1. The van der Waals surface area contributed by atoms with E-state index in [9.17, 15) is 4.79 Å². The minimum Gasteiger partial charge on any atom is -0.465 e. The number of esters is 1. The quantitative estimate of drug-likeness (QED) is 0.812. The molecule has 1 N–H and O–H groups in total. The highest BCUT2D eigenvalue weighted by molar-refractivity contribution is 5.81. The van der Waals surface area contributed by atoms with Crippen LogP contribution in [0.5, 0.6) is 0 Å². The minimum atomic E-state index is -0.441. The van der Waals surface area contributed by atoms with Gasteiger partial charge in [0.2, 0.25) is 0 Å². The van der Waals surface area contributed by atoms with Crippen molar-refractivity contribution in [3.05, 3.63) is 0 Å². The maximum absolute atomic E-state index is 12.9. The van der Waals surface area contributed by atoms with E-state index in [1.807, 2.05) is 6.92 Å². The first kappa shape index (κ1) is 16.8. The number of hydrogen-bond donors (Lipinski definition) is 1. The van der Waals surface area contributed by atoms with Crippen LogP contribution in [0.4, 0.5) is 0 Å². The van der Waals surface area contributed by atoms with Crippen LogP contribution in [0.25, 0.3) is 0 Å². The summed E-state index contributed by atoms with van der Waals surface area (Å²) in [7, 11) is 0. The monoisotopic (exact) mass is 296 g/mol. The van der Waals surface area contributed by atoms with Crippen LogP contribution >= 0.6 is 0 Å². The van der Waals surface area contributed by atoms with E-state index in [1.54, 1.807) is 0 Å². The molecule has 4 heteroatoms. The summed E-state index contributed by atoms with van der Waals surface area (Å²) in [5, 5.41) is 3.39. The number of carbonyl (C=O) groups excluding carboxylic acids is 1. The summed E-state index contributed by atoms with van der Waals surface area (Å²) >= 11 is 0. The van der Waals surface area contributed by atoms with E-state index in [-0.39, 0.29) is 16.8 Å². The van der Waals surface area contributed by atoms with Crippen molar-refractivity contribution < 1.29 is 9.53 Å². The Morgan fingerprint density at radius 3 is 2.05 bits per heavy atom. The van der Waals surface area contributed by atoms with E-state index in [1.165, 1.54) is 0 Å². The molecule has 1 aliphatic carbocycles. The van der Waals surface area contributed by atoms with E-state index in [0.29, 0.717) is 6.61 Å². The number of rotatable bonds is 3. The van der Waals surface area contributed by atoms with Crippen molar-refractivity contribution in [2.75, 3.05) is 32.8 Å². The van der Waals surface area contributed by atoms with Gasteiger partial charge in [-0.3, -0.25) is 9.69 Å². The second kappa shape index (κ2) is 5.88. The Morgan fingerprint density at radius 2 is 1.57 bits per heavy atom. The fourth-order valence-corrected chi connectivity index (χ4v) is 4.92. The zero-order chi connectivity index (χ0) is 15.7. The van der Waals surface area contributed by atoms with Crippen LogP contribution in [0.2, 0.25) is 0 Å². The van der Waals surface area contributed by atoms with Crippen LogP contribution in [-0.2, 0) is 9.53 Å². The van der Waals surface area contributed by atoms with E-state index < -0.39 is 5.54 Å². The average molecular weight is 296 g/mol. The summed E-state index contributed by atoms with van der Waals surface area (Å²) in [5.74, 6) is -0.00671. The van der Waals surface area contributed by atoms with E-state index in [2.05, 4.69) is 37.9 Å². The molecule has 0 aromatic carbocycles. The van der Waals surface area contributed by atoms with Gasteiger partial charge in [0, 0.05) is 26.2 Å². The molecule has 122 valence electrons. The largest absolute Gasteiger partial charge is 0.465 e. The van der Waals surface area contributed by atoms with Crippen molar-refractivity contribution in [3.63, 3.8) is 0 Å². The van der Waals surface area contributed by atoms with Crippen LogP contribution in [0.15, 0.2) is 0 Å². The number of hydrogen-bond acceptors (Lipinski definition) is 4. The van der Waals surface area contributed by atoms with Crippen molar-refractivity contribution in [2.24, 2.45) is 10.8 Å². The summed E-state index contributed by atoms with van der Waals surface area (Å²) in [6.07, 6.45) is 2.97. The van der Waals surface area contributed by atoms with Gasteiger partial charge in [0.25, 0.3) is 0 Å². The predicted molar refractivity (Wildman–Crippen MR) is 85.2 cm³/mol. The Kier molecular flexibility index (Phi) is 4.69. The van der Waals surface area contributed by atoms with Crippen LogP contribution < -0.4 is 5.32 Å². The normalized spacial score (nSPS) is 28.0. The van der Waals surface area contributed by atoms with Crippen molar-refractivity contribution in [1.29, 1.82) is 0 Å². The first-order valence-electron chi connectivity index (χ1n) is 8.34. The lowest BCUT2D eigenvalue weighted by Crippen LogP contribution is -2.65. The summed E-state index contributed by atoms with van der Waals surface area (Å²) in [5.41, 5.74) is -0.109. The number of ether oxygens (including phenoxy) is 1. The SMILES string of the molecule is CCOC(=O)C1(N2CCNCC2)CC(C)(C)CC(C)(C)C1. The summed E-state index contributed by atoms with van der Waals surface area (Å²) in [6, 6.07) is 0. The molecule has 0 radical (unpaired) electrons. The van der Waals surface area contributed by atoms with Gasteiger partial charge < -0.3 is 10.1 Å². The fraction of sp³-hybridized carbons (Fsp3) is 0.941. The highest BCUT2D eigenvalue weighted by Gasteiger charge is 2.55. The molecule has 4 nitrogen and oxygen atoms in total. The lowest BCUT2D eigenvalue weighted by Gasteiger charge is -2.55. The minimum absolute atomic E-state index is 0.00671. The smallest absolute Gasteiger partial charge is 0.326 e. The molecule has 1 heterocycles. The number of piperazine rings is 1. The molecule has 0 spiro atoms. The molecular weight excluding hydrogens is 264 g/mol. The molecule has 2 aliphatic rings. The van der Waals surface area contributed by atoms with Gasteiger partial charge >= 0.3 is 5.97 Å². The van der Waals surface area contributed by atoms with E-state index in [0.717, 1.165) is 45.4 Å². The molecule has 21 heavy (non-hydrogen) atoms. The maximum atomic E-state index is 12.9. The molecule has 2 rings (SSSR count). The summed E-state index contributed by atoms with van der Waals surface area (Å²) < 4.78 is 5.52. The van der Waals surface area contributed by atoms with E-state index >= 15 is 0 Å². The highest BCUT2D eigenvalue weighted by Crippen LogP contribution is 2.52. The third-order valence-corrected chi connectivity index (χ3v) is 4.88. The van der Waals surface area contributed by atoms with Gasteiger partial charge in [0.15, 0.2) is 0 Å². The lowest BCUT2D eigenvalue weighted by atomic mass is 9.57. The van der Waals surface area contributed by atoms with Crippen LogP contribution in [-0.4, -0.2) is 49.2 Å². The Balaban J connectivity index is 2.36. The van der Waals surface area contributed by atoms with Gasteiger partial charge in [-0.05, 0) is 37.0 Å². The van der Waals surface area contributed by atoms with Gasteiger partial charge in [-0.15, -0.1) is 0 Å². The molecule has 0 atom stereocenters. The zero-order valence-corrected chi connectivity index (χ0v) is 14.4. The van der Waals surface area contributed by atoms with Crippen molar-refractivity contribution >= 4 is 5.97 Å². The first-order chi connectivity index (χ1) is 9.71. The molecule has 0 unspecified atom stereocenters. The molecule has 0 aromatic heterocycles. The van der Waals surface area contributed by atoms with Crippen LogP contribution in [0, 0.1) is 10.8 Å². The van der Waals surface area contributed by atoms with Gasteiger partial charge in [0.05, 0.1) is 6.61 Å². The van der Waals surface area contributed by atoms with Crippen molar-refractivity contribution in [3.8, 4) is 0 Å². The third-order valence-electron chi connectivity index (χ3n) is 4.88. The molecule has 2 fully saturated rings.